The van der Waals surface area contributed by atoms with Crippen molar-refractivity contribution in [3.05, 3.63) is 24.0 Å². The summed E-state index contributed by atoms with van der Waals surface area (Å²) >= 11 is 0. The van der Waals surface area contributed by atoms with E-state index in [4.69, 9.17) is 9.47 Å². The number of nitrogens with one attached hydrogen (secondary N) is 2. The second kappa shape index (κ2) is 8.15. The van der Waals surface area contributed by atoms with Gasteiger partial charge in [0, 0.05) is 30.9 Å². The van der Waals surface area contributed by atoms with Gasteiger partial charge in [-0.1, -0.05) is 0 Å². The van der Waals surface area contributed by atoms with E-state index in [-0.39, 0.29) is 41.6 Å². The molecular weight excluding hydrogens is 397 g/mol. The van der Waals surface area contributed by atoms with Gasteiger partial charge in [0.05, 0.1) is 17.9 Å². The van der Waals surface area contributed by atoms with Crippen molar-refractivity contribution >= 4 is 17.5 Å². The van der Waals surface area contributed by atoms with Crippen LogP contribution < -0.4 is 15.5 Å². The zero-order valence-corrected chi connectivity index (χ0v) is 19.3. The Balaban J connectivity index is 1.24. The molecule has 0 aromatic heterocycles. The highest BCUT2D eigenvalue weighted by Gasteiger charge is 2.53. The second-order valence-electron chi connectivity index (χ2n) is 10.8. The Labute approximate surface area is 184 Å². The van der Waals surface area contributed by atoms with Crippen LogP contribution in [0.1, 0.15) is 60.3 Å². The summed E-state index contributed by atoms with van der Waals surface area (Å²) in [6.45, 7) is 11.3. The Morgan fingerprint density at radius 1 is 1.13 bits per heavy atom. The van der Waals surface area contributed by atoms with Crippen molar-refractivity contribution in [3.63, 3.8) is 0 Å². The molecule has 6 nitrogen and oxygen atoms in total. The van der Waals surface area contributed by atoms with Gasteiger partial charge in [0.2, 0.25) is 0 Å². The van der Waals surface area contributed by atoms with E-state index in [9.17, 15) is 9.18 Å². The van der Waals surface area contributed by atoms with E-state index in [0.717, 1.165) is 44.5 Å². The van der Waals surface area contributed by atoms with Gasteiger partial charge in [0.1, 0.15) is 11.4 Å². The molecule has 31 heavy (non-hydrogen) atoms. The van der Waals surface area contributed by atoms with Crippen LogP contribution in [0.3, 0.4) is 0 Å². The maximum Gasteiger partial charge on any atom is 0.407 e. The number of halogens is 1. The van der Waals surface area contributed by atoms with Crippen LogP contribution in [0, 0.1) is 11.2 Å². The number of rotatable bonds is 4. The minimum absolute atomic E-state index is 0.145. The van der Waals surface area contributed by atoms with Crippen LogP contribution >= 0.6 is 0 Å². The lowest BCUT2D eigenvalue weighted by Gasteiger charge is -2.58. The molecule has 3 fully saturated rings. The van der Waals surface area contributed by atoms with Gasteiger partial charge in [0.25, 0.3) is 0 Å². The first-order valence-corrected chi connectivity index (χ1v) is 11.5. The van der Waals surface area contributed by atoms with Gasteiger partial charge in [-0.2, -0.15) is 0 Å². The number of hydrogen-bond acceptors (Lipinski definition) is 5. The molecule has 3 aliphatic rings. The quantitative estimate of drug-likeness (QED) is 0.722. The summed E-state index contributed by atoms with van der Waals surface area (Å²) in [5.74, 6) is -0.205. The van der Waals surface area contributed by atoms with Crippen LogP contribution in [-0.2, 0) is 9.47 Å². The normalized spacial score (nSPS) is 32.8. The van der Waals surface area contributed by atoms with Crippen molar-refractivity contribution in [2.75, 3.05) is 23.3 Å². The Hall–Kier alpha value is -2.02. The molecule has 1 amide bonds. The number of morpholine rings is 1. The first-order chi connectivity index (χ1) is 14.5. The highest BCUT2D eigenvalue weighted by atomic mass is 19.1. The molecule has 1 saturated heterocycles. The monoisotopic (exact) mass is 433 g/mol. The van der Waals surface area contributed by atoms with Crippen molar-refractivity contribution in [2.24, 2.45) is 5.41 Å². The molecule has 7 heteroatoms. The van der Waals surface area contributed by atoms with E-state index >= 15 is 0 Å². The molecule has 1 aromatic rings. The molecule has 0 bridgehead atoms. The number of ether oxygens (including phenoxy) is 2. The standard InChI is InChI=1S/C24H36FN3O3/c1-15-13-28(14-16(2)30-15)19-6-7-21(20(25)8-19)26-17-9-24(10-17)11-18(12-24)27-22(29)31-23(3,4)5/h6-8,15-18,26H,9-14H2,1-5H3,(H,27,29). The van der Waals surface area contributed by atoms with Gasteiger partial charge in [-0.25, -0.2) is 9.18 Å². The maximum atomic E-state index is 14.8. The Morgan fingerprint density at radius 2 is 1.74 bits per heavy atom. The fourth-order valence-corrected chi connectivity index (χ4v) is 5.41. The van der Waals surface area contributed by atoms with Crippen molar-refractivity contribution in [1.82, 2.24) is 5.32 Å². The van der Waals surface area contributed by atoms with Crippen molar-refractivity contribution in [3.8, 4) is 0 Å². The van der Waals surface area contributed by atoms with Crippen LogP contribution in [0.4, 0.5) is 20.6 Å². The third-order valence-electron chi connectivity index (χ3n) is 6.54. The van der Waals surface area contributed by atoms with Gasteiger partial charge in [-0.05, 0) is 83.9 Å². The smallest absolute Gasteiger partial charge is 0.407 e. The summed E-state index contributed by atoms with van der Waals surface area (Å²) in [5.41, 5.74) is 1.29. The molecule has 172 valence electrons. The second-order valence-corrected chi connectivity index (χ2v) is 10.8. The molecule has 2 aliphatic carbocycles. The molecule has 1 spiro atoms. The minimum atomic E-state index is -0.477. The van der Waals surface area contributed by atoms with Crippen LogP contribution in [0.5, 0.6) is 0 Å². The fourth-order valence-electron chi connectivity index (χ4n) is 5.41. The number of nitrogens with zero attached hydrogens (tertiary/aromatic N) is 1. The Bertz CT molecular complexity index is 801. The first-order valence-electron chi connectivity index (χ1n) is 11.5. The van der Waals surface area contributed by atoms with E-state index < -0.39 is 5.60 Å². The average Bonchev–Trinajstić information content (AvgIpc) is 2.56. The molecule has 2 unspecified atom stereocenters. The lowest BCUT2D eigenvalue weighted by molar-refractivity contribution is -0.0179. The van der Waals surface area contributed by atoms with Crippen molar-refractivity contribution in [2.45, 2.75) is 90.2 Å². The number of benzene rings is 1. The van der Waals surface area contributed by atoms with Crippen molar-refractivity contribution in [1.29, 1.82) is 0 Å². The SMILES string of the molecule is CC1CN(c2ccc(NC3CC4(CC(NC(=O)OC(C)(C)C)C4)C3)c(F)c2)CC(C)O1. The summed E-state index contributed by atoms with van der Waals surface area (Å²) in [4.78, 5) is 14.1. The van der Waals surface area contributed by atoms with E-state index in [1.165, 1.54) is 0 Å². The number of anilines is 2. The lowest BCUT2D eigenvalue weighted by atomic mass is 9.52. The Kier molecular flexibility index (Phi) is 5.83. The molecule has 1 heterocycles. The summed E-state index contributed by atoms with van der Waals surface area (Å²) in [6.07, 6.45) is 3.92. The molecule has 2 saturated carbocycles. The largest absolute Gasteiger partial charge is 0.444 e. The summed E-state index contributed by atoms with van der Waals surface area (Å²) in [5, 5.41) is 6.33. The summed E-state index contributed by atoms with van der Waals surface area (Å²) in [7, 11) is 0. The molecule has 1 aliphatic heterocycles. The number of carbonyl (C=O) groups excluding carboxylic acids is 1. The highest BCUT2D eigenvalue weighted by Crippen LogP contribution is 2.56. The number of hydrogen-bond donors (Lipinski definition) is 2. The molecule has 2 atom stereocenters. The van der Waals surface area contributed by atoms with Crippen LogP contribution in [-0.4, -0.2) is 49.1 Å². The molecule has 2 N–H and O–H groups in total. The van der Waals surface area contributed by atoms with Gasteiger partial charge in [0.15, 0.2) is 0 Å². The highest BCUT2D eigenvalue weighted by molar-refractivity contribution is 5.68. The molecule has 1 aromatic carbocycles. The third-order valence-corrected chi connectivity index (χ3v) is 6.54. The van der Waals surface area contributed by atoms with Gasteiger partial charge < -0.3 is 25.0 Å². The van der Waals surface area contributed by atoms with E-state index in [2.05, 4.69) is 29.4 Å². The zero-order chi connectivity index (χ0) is 22.4. The fraction of sp³-hybridized carbons (Fsp3) is 0.708. The van der Waals surface area contributed by atoms with E-state index in [1.54, 1.807) is 6.07 Å². The van der Waals surface area contributed by atoms with Crippen LogP contribution in [0.2, 0.25) is 0 Å². The predicted octanol–water partition coefficient (Wildman–Crippen LogP) is 4.69. The summed E-state index contributed by atoms with van der Waals surface area (Å²) in [6, 6.07) is 5.95. The molecule has 0 radical (unpaired) electrons. The van der Waals surface area contributed by atoms with Gasteiger partial charge in [-0.15, -0.1) is 0 Å². The molecular formula is C24H36FN3O3. The van der Waals surface area contributed by atoms with E-state index in [1.807, 2.05) is 32.9 Å². The first kappa shape index (κ1) is 22.2. The maximum absolute atomic E-state index is 14.8. The Morgan fingerprint density at radius 3 is 2.32 bits per heavy atom. The average molecular weight is 434 g/mol. The predicted molar refractivity (Wildman–Crippen MR) is 120 cm³/mol. The number of carbonyl (C=O) groups is 1. The van der Waals surface area contributed by atoms with E-state index in [0.29, 0.717) is 5.69 Å². The molecule has 4 rings (SSSR count). The van der Waals surface area contributed by atoms with Crippen LogP contribution in [0.15, 0.2) is 18.2 Å². The number of alkyl carbamates (subject to hydrolysis) is 1. The minimum Gasteiger partial charge on any atom is -0.444 e. The van der Waals surface area contributed by atoms with Crippen LogP contribution in [0.25, 0.3) is 0 Å². The number of amides is 1. The van der Waals surface area contributed by atoms with Gasteiger partial charge >= 0.3 is 6.09 Å². The lowest BCUT2D eigenvalue weighted by Crippen LogP contribution is -2.59. The topological polar surface area (TPSA) is 62.8 Å². The van der Waals surface area contributed by atoms with Gasteiger partial charge in [-0.3, -0.25) is 0 Å². The summed E-state index contributed by atoms with van der Waals surface area (Å²) < 4.78 is 25.9. The van der Waals surface area contributed by atoms with Crippen molar-refractivity contribution < 1.29 is 18.7 Å². The third kappa shape index (κ3) is 5.25. The zero-order valence-electron chi connectivity index (χ0n) is 19.3.